The lowest BCUT2D eigenvalue weighted by Gasteiger charge is -2.24. The molecule has 5 nitrogen and oxygen atoms in total. The van der Waals surface area contributed by atoms with Gasteiger partial charge in [0.15, 0.2) is 0 Å². The van der Waals surface area contributed by atoms with Crippen molar-refractivity contribution >= 4 is 16.5 Å². The van der Waals surface area contributed by atoms with Gasteiger partial charge in [-0.05, 0) is 19.9 Å². The van der Waals surface area contributed by atoms with E-state index >= 15 is 0 Å². The second kappa shape index (κ2) is 5.99. The maximum atomic E-state index is 5.25. The lowest BCUT2D eigenvalue weighted by Crippen LogP contribution is -2.29. The zero-order valence-corrected chi connectivity index (χ0v) is 10.3. The molecule has 0 amide bonds. The normalized spacial score (nSPS) is 11.3. The van der Waals surface area contributed by atoms with E-state index in [9.17, 15) is 0 Å². The lowest BCUT2D eigenvalue weighted by molar-refractivity contribution is 0.221. The van der Waals surface area contributed by atoms with Crippen LogP contribution in [0.25, 0.3) is 0 Å². The molecule has 0 saturated carbocycles. The van der Waals surface area contributed by atoms with Crippen LogP contribution in [0.4, 0.5) is 5.13 Å². The van der Waals surface area contributed by atoms with Crippen LogP contribution < -0.4 is 11.3 Å². The van der Waals surface area contributed by atoms with E-state index in [1.54, 1.807) is 0 Å². The SMILES string of the molecule is CCC(CC)N(C)Cc1nnc(NN)s1. The van der Waals surface area contributed by atoms with Crippen molar-refractivity contribution in [1.82, 2.24) is 15.1 Å². The molecule has 0 radical (unpaired) electrons. The Balaban J connectivity index is 2.53. The third kappa shape index (κ3) is 3.40. The number of anilines is 1. The molecule has 0 fully saturated rings. The molecule has 1 aromatic rings. The molecule has 0 bridgehead atoms. The molecule has 0 unspecified atom stereocenters. The Hall–Kier alpha value is -0.720. The fraction of sp³-hybridized carbons (Fsp3) is 0.778. The molecule has 15 heavy (non-hydrogen) atoms. The summed E-state index contributed by atoms with van der Waals surface area (Å²) < 4.78 is 0. The topological polar surface area (TPSA) is 67.1 Å². The Kier molecular flexibility index (Phi) is 4.93. The van der Waals surface area contributed by atoms with Crippen molar-refractivity contribution in [1.29, 1.82) is 0 Å². The highest BCUT2D eigenvalue weighted by Gasteiger charge is 2.13. The molecule has 1 rings (SSSR count). The lowest BCUT2D eigenvalue weighted by atomic mass is 10.1. The van der Waals surface area contributed by atoms with Crippen LogP contribution in [0.2, 0.25) is 0 Å². The first kappa shape index (κ1) is 12.4. The van der Waals surface area contributed by atoms with Gasteiger partial charge in [0.1, 0.15) is 5.01 Å². The van der Waals surface area contributed by atoms with Crippen LogP contribution in [0.1, 0.15) is 31.7 Å². The maximum Gasteiger partial charge on any atom is 0.219 e. The number of hydrazine groups is 1. The van der Waals surface area contributed by atoms with Crippen molar-refractivity contribution < 1.29 is 0 Å². The van der Waals surface area contributed by atoms with Gasteiger partial charge in [-0.15, -0.1) is 10.2 Å². The Morgan fingerprint density at radius 1 is 1.40 bits per heavy atom. The highest BCUT2D eigenvalue weighted by molar-refractivity contribution is 7.15. The average molecular weight is 229 g/mol. The highest BCUT2D eigenvalue weighted by atomic mass is 32.1. The number of rotatable bonds is 6. The molecule has 0 aromatic carbocycles. The largest absolute Gasteiger partial charge is 0.298 e. The van der Waals surface area contributed by atoms with Crippen LogP contribution in [0.15, 0.2) is 0 Å². The molecule has 0 aliphatic heterocycles. The number of hydrogen-bond donors (Lipinski definition) is 2. The van der Waals surface area contributed by atoms with E-state index in [1.807, 2.05) is 0 Å². The van der Waals surface area contributed by atoms with E-state index in [2.05, 4.69) is 41.4 Å². The Bertz CT molecular complexity index is 284. The fourth-order valence-corrected chi connectivity index (χ4v) is 2.34. The molecule has 0 atom stereocenters. The van der Waals surface area contributed by atoms with Crippen LogP contribution in [0.5, 0.6) is 0 Å². The second-order valence-electron chi connectivity index (χ2n) is 3.53. The predicted octanol–water partition coefficient (Wildman–Crippen LogP) is 1.44. The van der Waals surface area contributed by atoms with E-state index in [-0.39, 0.29) is 0 Å². The molecule has 0 aliphatic carbocycles. The number of nitrogen functional groups attached to an aromatic ring is 1. The van der Waals surface area contributed by atoms with Crippen LogP contribution >= 0.6 is 11.3 Å². The quantitative estimate of drug-likeness (QED) is 0.571. The number of hydrogen-bond acceptors (Lipinski definition) is 6. The van der Waals surface area contributed by atoms with Gasteiger partial charge >= 0.3 is 0 Å². The number of aromatic nitrogens is 2. The number of nitrogens with two attached hydrogens (primary N) is 1. The third-order valence-corrected chi connectivity index (χ3v) is 3.38. The van der Waals surface area contributed by atoms with E-state index in [0.29, 0.717) is 11.2 Å². The fourth-order valence-electron chi connectivity index (χ4n) is 1.63. The van der Waals surface area contributed by atoms with Gasteiger partial charge < -0.3 is 0 Å². The molecule has 3 N–H and O–H groups in total. The summed E-state index contributed by atoms with van der Waals surface area (Å²) in [6.45, 7) is 5.25. The zero-order chi connectivity index (χ0) is 11.3. The summed E-state index contributed by atoms with van der Waals surface area (Å²) in [4.78, 5) is 2.31. The van der Waals surface area contributed by atoms with Gasteiger partial charge in [0.2, 0.25) is 5.13 Å². The Morgan fingerprint density at radius 3 is 2.53 bits per heavy atom. The van der Waals surface area contributed by atoms with Gasteiger partial charge in [-0.25, -0.2) is 5.84 Å². The Morgan fingerprint density at radius 2 is 2.07 bits per heavy atom. The molecule has 1 heterocycles. The van der Waals surface area contributed by atoms with E-state index in [1.165, 1.54) is 11.3 Å². The molecule has 1 aromatic heterocycles. The minimum Gasteiger partial charge on any atom is -0.298 e. The van der Waals surface area contributed by atoms with Gasteiger partial charge in [-0.1, -0.05) is 25.2 Å². The number of nitrogens with zero attached hydrogens (tertiary/aromatic N) is 3. The van der Waals surface area contributed by atoms with E-state index in [4.69, 9.17) is 5.84 Å². The summed E-state index contributed by atoms with van der Waals surface area (Å²) in [5.74, 6) is 5.25. The van der Waals surface area contributed by atoms with Crippen LogP contribution in [0, 0.1) is 0 Å². The van der Waals surface area contributed by atoms with Crippen molar-refractivity contribution in [3.05, 3.63) is 5.01 Å². The predicted molar refractivity (Wildman–Crippen MR) is 63.6 cm³/mol. The molecule has 0 aliphatic rings. The maximum absolute atomic E-state index is 5.25. The average Bonchev–Trinajstić information content (AvgIpc) is 2.67. The standard InChI is InChI=1S/C9H19N5S/c1-4-7(5-2)14(3)6-8-12-13-9(11-10)15-8/h7H,4-6,10H2,1-3H3,(H,11,13). The van der Waals surface area contributed by atoms with Crippen molar-refractivity contribution in [3.8, 4) is 0 Å². The first-order valence-corrected chi connectivity index (χ1v) is 6.02. The summed E-state index contributed by atoms with van der Waals surface area (Å²) in [6.07, 6.45) is 2.32. The molecular formula is C9H19N5S. The highest BCUT2D eigenvalue weighted by Crippen LogP contribution is 2.17. The Labute approximate surface area is 94.7 Å². The van der Waals surface area contributed by atoms with Gasteiger partial charge in [0, 0.05) is 6.04 Å². The summed E-state index contributed by atoms with van der Waals surface area (Å²) >= 11 is 1.50. The minimum atomic E-state index is 0.614. The van der Waals surface area contributed by atoms with Gasteiger partial charge in [-0.3, -0.25) is 10.3 Å². The first-order chi connectivity index (χ1) is 7.21. The summed E-state index contributed by atoms with van der Waals surface area (Å²) in [5.41, 5.74) is 2.50. The molecule has 0 saturated heterocycles. The van der Waals surface area contributed by atoms with Crippen molar-refractivity contribution in [2.75, 3.05) is 12.5 Å². The molecular weight excluding hydrogens is 210 g/mol. The van der Waals surface area contributed by atoms with Gasteiger partial charge in [0.05, 0.1) is 6.54 Å². The van der Waals surface area contributed by atoms with Crippen LogP contribution in [0.3, 0.4) is 0 Å². The third-order valence-electron chi connectivity index (χ3n) is 2.54. The molecule has 6 heteroatoms. The van der Waals surface area contributed by atoms with E-state index < -0.39 is 0 Å². The first-order valence-electron chi connectivity index (χ1n) is 5.20. The van der Waals surface area contributed by atoms with Crippen LogP contribution in [-0.2, 0) is 6.54 Å². The summed E-state index contributed by atoms with van der Waals surface area (Å²) in [5, 5.41) is 9.63. The molecule has 86 valence electrons. The summed E-state index contributed by atoms with van der Waals surface area (Å²) in [7, 11) is 2.12. The second-order valence-corrected chi connectivity index (χ2v) is 4.59. The summed E-state index contributed by atoms with van der Waals surface area (Å²) in [6, 6.07) is 0.614. The van der Waals surface area contributed by atoms with Crippen molar-refractivity contribution in [2.24, 2.45) is 5.84 Å². The van der Waals surface area contributed by atoms with Gasteiger partial charge in [-0.2, -0.15) is 0 Å². The minimum absolute atomic E-state index is 0.614. The van der Waals surface area contributed by atoms with E-state index in [0.717, 1.165) is 24.4 Å². The number of nitrogens with one attached hydrogen (secondary N) is 1. The van der Waals surface area contributed by atoms with Crippen molar-refractivity contribution in [2.45, 2.75) is 39.3 Å². The smallest absolute Gasteiger partial charge is 0.219 e. The monoisotopic (exact) mass is 229 g/mol. The van der Waals surface area contributed by atoms with Crippen LogP contribution in [-0.4, -0.2) is 28.2 Å². The molecule has 0 spiro atoms. The van der Waals surface area contributed by atoms with Crippen molar-refractivity contribution in [3.63, 3.8) is 0 Å². The van der Waals surface area contributed by atoms with Gasteiger partial charge in [0.25, 0.3) is 0 Å². The zero-order valence-electron chi connectivity index (χ0n) is 9.53.